The molecule has 18 heavy (non-hydrogen) atoms. The number of aldehydes is 1. The molecule has 1 rings (SSSR count). The smallest absolute Gasteiger partial charge is 0.147 e. The minimum atomic E-state index is -0.0218. The van der Waals surface area contributed by atoms with Crippen LogP contribution in [0.4, 0.5) is 0 Å². The molecule has 0 spiro atoms. The summed E-state index contributed by atoms with van der Waals surface area (Å²) >= 11 is 9.79. The molecule has 0 fully saturated rings. The Hall–Kier alpha value is -0.0800. The molecule has 0 heterocycles. The van der Waals surface area contributed by atoms with E-state index in [1.165, 1.54) is 10.1 Å². The van der Waals surface area contributed by atoms with Crippen LogP contribution in [-0.4, -0.2) is 6.29 Å². The van der Waals surface area contributed by atoms with Crippen molar-refractivity contribution in [3.05, 3.63) is 20.7 Å². The number of rotatable bonds is 5. The van der Waals surface area contributed by atoms with Gasteiger partial charge in [0, 0.05) is 10.6 Å². The second-order valence-electron chi connectivity index (χ2n) is 5.61. The third-order valence-corrected chi connectivity index (χ3v) is 5.43. The first-order valence-corrected chi connectivity index (χ1v) is 7.74. The molecule has 0 saturated carbocycles. The van der Waals surface area contributed by atoms with E-state index in [1.807, 2.05) is 0 Å². The van der Waals surface area contributed by atoms with E-state index in [0.717, 1.165) is 55.4 Å². The van der Waals surface area contributed by atoms with Gasteiger partial charge in [-0.25, -0.2) is 0 Å². The Bertz CT molecular complexity index is 380. The molecule has 1 aliphatic carbocycles. The lowest BCUT2D eigenvalue weighted by atomic mass is 9.71. The summed E-state index contributed by atoms with van der Waals surface area (Å²) in [5.74, 6) is 0. The Balaban J connectivity index is 2.67. The molecule has 0 unspecified atom stereocenters. The standard InChI is InChI=1S/C15H22BrClO/c1-11(2)13(16)6-4-8-15(3)9-5-7-14(17)12(15)10-18/h10H,4-9H2,1-3H3/t15-/m1/s1. The number of allylic oxidation sites excluding steroid dienone is 4. The lowest BCUT2D eigenvalue weighted by Gasteiger charge is -2.34. The monoisotopic (exact) mass is 332 g/mol. The van der Waals surface area contributed by atoms with Crippen LogP contribution < -0.4 is 0 Å². The van der Waals surface area contributed by atoms with Crippen molar-refractivity contribution in [1.29, 1.82) is 0 Å². The Morgan fingerprint density at radius 1 is 1.50 bits per heavy atom. The predicted molar refractivity (Wildman–Crippen MR) is 82.1 cm³/mol. The Labute approximate surface area is 124 Å². The summed E-state index contributed by atoms with van der Waals surface area (Å²) < 4.78 is 1.28. The second-order valence-corrected chi connectivity index (χ2v) is 7.02. The van der Waals surface area contributed by atoms with Crippen molar-refractivity contribution < 1.29 is 4.79 Å². The molecule has 3 heteroatoms. The molecule has 0 aromatic carbocycles. The summed E-state index contributed by atoms with van der Waals surface area (Å²) in [6.45, 7) is 6.40. The van der Waals surface area contributed by atoms with Gasteiger partial charge in [-0.15, -0.1) is 0 Å². The quantitative estimate of drug-likeness (QED) is 0.587. The highest BCUT2D eigenvalue weighted by Crippen LogP contribution is 2.44. The van der Waals surface area contributed by atoms with Crippen molar-refractivity contribution in [2.45, 2.75) is 59.3 Å². The van der Waals surface area contributed by atoms with Crippen molar-refractivity contribution in [3.63, 3.8) is 0 Å². The molecule has 0 radical (unpaired) electrons. The Morgan fingerprint density at radius 3 is 2.72 bits per heavy atom. The third kappa shape index (κ3) is 3.96. The van der Waals surface area contributed by atoms with E-state index in [9.17, 15) is 4.79 Å². The summed E-state index contributed by atoms with van der Waals surface area (Å²) in [4.78, 5) is 11.2. The molecule has 102 valence electrons. The molecule has 0 aromatic rings. The van der Waals surface area contributed by atoms with Gasteiger partial charge in [0.25, 0.3) is 0 Å². The van der Waals surface area contributed by atoms with Crippen LogP contribution in [0.25, 0.3) is 0 Å². The molecule has 1 nitrogen and oxygen atoms in total. The van der Waals surface area contributed by atoms with Crippen LogP contribution in [0.15, 0.2) is 20.7 Å². The maximum absolute atomic E-state index is 11.2. The normalized spacial score (nSPS) is 24.1. The maximum atomic E-state index is 11.2. The van der Waals surface area contributed by atoms with Crippen molar-refractivity contribution in [2.75, 3.05) is 0 Å². The van der Waals surface area contributed by atoms with E-state index >= 15 is 0 Å². The van der Waals surface area contributed by atoms with Crippen LogP contribution in [0.5, 0.6) is 0 Å². The fourth-order valence-electron chi connectivity index (χ4n) is 2.58. The van der Waals surface area contributed by atoms with E-state index in [0.29, 0.717) is 0 Å². The van der Waals surface area contributed by atoms with Gasteiger partial charge >= 0.3 is 0 Å². The summed E-state index contributed by atoms with van der Waals surface area (Å²) in [5.41, 5.74) is 2.14. The lowest BCUT2D eigenvalue weighted by Crippen LogP contribution is -2.24. The van der Waals surface area contributed by atoms with Crippen LogP contribution >= 0.6 is 27.5 Å². The SMILES string of the molecule is CC(C)=C(Br)CCC[C@]1(C)CCCC(Cl)=C1C=O. The predicted octanol–water partition coefficient (Wildman–Crippen LogP) is 5.73. The molecule has 0 bridgehead atoms. The number of carbonyl (C=O) groups excluding carboxylic acids is 1. The number of hydrogen-bond donors (Lipinski definition) is 0. The van der Waals surface area contributed by atoms with Crippen molar-refractivity contribution in [1.82, 2.24) is 0 Å². The van der Waals surface area contributed by atoms with Gasteiger partial charge in [-0.3, -0.25) is 4.79 Å². The summed E-state index contributed by atoms with van der Waals surface area (Å²) in [5, 5.41) is 0.778. The molecule has 0 N–H and O–H groups in total. The van der Waals surface area contributed by atoms with E-state index in [4.69, 9.17) is 11.6 Å². The van der Waals surface area contributed by atoms with E-state index in [-0.39, 0.29) is 5.41 Å². The van der Waals surface area contributed by atoms with Crippen LogP contribution in [0, 0.1) is 5.41 Å². The van der Waals surface area contributed by atoms with Gasteiger partial charge in [0.15, 0.2) is 0 Å². The zero-order valence-electron chi connectivity index (χ0n) is 11.5. The van der Waals surface area contributed by atoms with Crippen LogP contribution in [0.3, 0.4) is 0 Å². The fourth-order valence-corrected chi connectivity index (χ4v) is 3.27. The molecule has 0 aromatic heterocycles. The fraction of sp³-hybridized carbons (Fsp3) is 0.667. The summed E-state index contributed by atoms with van der Waals surface area (Å²) in [6.07, 6.45) is 7.16. The topological polar surface area (TPSA) is 17.1 Å². The highest BCUT2D eigenvalue weighted by Gasteiger charge is 2.33. The largest absolute Gasteiger partial charge is 0.298 e. The summed E-state index contributed by atoms with van der Waals surface area (Å²) in [7, 11) is 0. The van der Waals surface area contributed by atoms with E-state index in [1.54, 1.807) is 0 Å². The average molecular weight is 334 g/mol. The molecule has 0 aliphatic heterocycles. The van der Waals surface area contributed by atoms with Crippen molar-refractivity contribution >= 4 is 33.8 Å². The van der Waals surface area contributed by atoms with Gasteiger partial charge in [0.2, 0.25) is 0 Å². The molecule has 1 aliphatic rings. The minimum absolute atomic E-state index is 0.0218. The number of hydrogen-bond acceptors (Lipinski definition) is 1. The highest BCUT2D eigenvalue weighted by atomic mass is 79.9. The van der Waals surface area contributed by atoms with Crippen LogP contribution in [0.2, 0.25) is 0 Å². The molecular formula is C15H22BrClO. The first-order valence-electron chi connectivity index (χ1n) is 6.57. The molecule has 0 saturated heterocycles. The highest BCUT2D eigenvalue weighted by molar-refractivity contribution is 9.11. The first-order chi connectivity index (χ1) is 8.40. The van der Waals surface area contributed by atoms with Crippen LogP contribution in [0.1, 0.15) is 59.3 Å². The van der Waals surface area contributed by atoms with Gasteiger partial charge in [0.05, 0.1) is 0 Å². The molecular weight excluding hydrogens is 312 g/mol. The number of halogens is 2. The third-order valence-electron chi connectivity index (χ3n) is 3.85. The van der Waals surface area contributed by atoms with Gasteiger partial charge in [-0.2, -0.15) is 0 Å². The van der Waals surface area contributed by atoms with Crippen molar-refractivity contribution in [3.8, 4) is 0 Å². The average Bonchev–Trinajstić information content (AvgIpc) is 2.28. The zero-order chi connectivity index (χ0) is 13.8. The Kier molecular flexibility index (Phi) is 6.13. The minimum Gasteiger partial charge on any atom is -0.298 e. The zero-order valence-corrected chi connectivity index (χ0v) is 13.8. The van der Waals surface area contributed by atoms with Crippen molar-refractivity contribution in [2.24, 2.45) is 5.41 Å². The Morgan fingerprint density at radius 2 is 2.17 bits per heavy atom. The molecule has 0 amide bonds. The number of carbonyl (C=O) groups is 1. The second kappa shape index (κ2) is 6.91. The van der Waals surface area contributed by atoms with Crippen LogP contribution in [-0.2, 0) is 4.79 Å². The maximum Gasteiger partial charge on any atom is 0.147 e. The van der Waals surface area contributed by atoms with Gasteiger partial charge in [-0.05, 0) is 62.3 Å². The molecule has 1 atom stereocenters. The summed E-state index contributed by atoms with van der Waals surface area (Å²) in [6, 6.07) is 0. The van der Waals surface area contributed by atoms with E-state index < -0.39 is 0 Å². The van der Waals surface area contributed by atoms with Gasteiger partial charge in [-0.1, -0.05) is 40.0 Å². The van der Waals surface area contributed by atoms with Gasteiger partial charge in [0.1, 0.15) is 6.29 Å². The lowest BCUT2D eigenvalue weighted by molar-refractivity contribution is -0.106. The van der Waals surface area contributed by atoms with E-state index in [2.05, 4.69) is 36.7 Å². The first kappa shape index (κ1) is 16.0. The van der Waals surface area contributed by atoms with Gasteiger partial charge < -0.3 is 0 Å².